The van der Waals surface area contributed by atoms with Gasteiger partial charge in [0.15, 0.2) is 11.1 Å². The SMILES string of the molecule is Cc1ccc([N+](=O)[O-])c(S(=O)O)c1C. The predicted octanol–water partition coefficient (Wildman–Crippen LogP) is 1.79. The molecule has 0 radical (unpaired) electrons. The largest absolute Gasteiger partial charge is 0.302 e. The molecule has 1 N–H and O–H groups in total. The van der Waals surface area contributed by atoms with E-state index in [0.29, 0.717) is 5.56 Å². The molecule has 0 aliphatic heterocycles. The first-order valence-corrected chi connectivity index (χ1v) is 4.91. The molecule has 0 bridgehead atoms. The molecule has 1 atom stereocenters. The van der Waals surface area contributed by atoms with Crippen LogP contribution in [0.2, 0.25) is 0 Å². The summed E-state index contributed by atoms with van der Waals surface area (Å²) in [5.41, 5.74) is 0.932. The van der Waals surface area contributed by atoms with Crippen molar-refractivity contribution in [2.45, 2.75) is 18.7 Å². The minimum absolute atomic E-state index is 0.116. The first kappa shape index (κ1) is 10.8. The number of benzene rings is 1. The molecule has 5 nitrogen and oxygen atoms in total. The van der Waals surface area contributed by atoms with Crippen LogP contribution >= 0.6 is 0 Å². The predicted molar refractivity (Wildman–Crippen MR) is 51.6 cm³/mol. The Labute approximate surface area is 83.2 Å². The zero-order chi connectivity index (χ0) is 10.9. The summed E-state index contributed by atoms with van der Waals surface area (Å²) in [6.07, 6.45) is 0. The number of hydrogen-bond donors (Lipinski definition) is 1. The van der Waals surface area contributed by atoms with E-state index in [1.54, 1.807) is 19.9 Å². The lowest BCUT2D eigenvalue weighted by Crippen LogP contribution is -2.01. The zero-order valence-corrected chi connectivity index (χ0v) is 8.50. The molecule has 1 aromatic carbocycles. The summed E-state index contributed by atoms with van der Waals surface area (Å²) in [7, 11) is 0. The number of hydrogen-bond acceptors (Lipinski definition) is 3. The maximum Gasteiger partial charge on any atom is 0.288 e. The highest BCUT2D eigenvalue weighted by Gasteiger charge is 2.21. The third-order valence-electron chi connectivity index (χ3n) is 2.03. The maximum atomic E-state index is 10.9. The van der Waals surface area contributed by atoms with Gasteiger partial charge >= 0.3 is 0 Å². The number of rotatable bonds is 2. The van der Waals surface area contributed by atoms with Gasteiger partial charge in [-0.1, -0.05) is 6.07 Å². The Balaban J connectivity index is 3.53. The van der Waals surface area contributed by atoms with Crippen molar-refractivity contribution in [1.82, 2.24) is 0 Å². The van der Waals surface area contributed by atoms with E-state index in [-0.39, 0.29) is 10.6 Å². The molecule has 0 aromatic heterocycles. The van der Waals surface area contributed by atoms with E-state index in [0.717, 1.165) is 5.56 Å². The van der Waals surface area contributed by atoms with E-state index in [2.05, 4.69) is 0 Å². The second-order valence-corrected chi connectivity index (χ2v) is 3.77. The van der Waals surface area contributed by atoms with E-state index < -0.39 is 16.0 Å². The second-order valence-electron chi connectivity index (χ2n) is 2.86. The Bertz CT molecular complexity index is 416. The quantitative estimate of drug-likeness (QED) is 0.463. The van der Waals surface area contributed by atoms with Crippen LogP contribution in [0.25, 0.3) is 0 Å². The van der Waals surface area contributed by atoms with Gasteiger partial charge in [0, 0.05) is 6.07 Å². The third-order valence-corrected chi connectivity index (χ3v) is 2.89. The molecule has 0 spiro atoms. The first-order chi connectivity index (χ1) is 6.45. The summed E-state index contributed by atoms with van der Waals surface area (Å²) in [6.45, 7) is 3.32. The van der Waals surface area contributed by atoms with Crippen LogP contribution in [-0.4, -0.2) is 13.7 Å². The molecule has 76 valence electrons. The average Bonchev–Trinajstić information content (AvgIpc) is 2.08. The summed E-state index contributed by atoms with van der Waals surface area (Å²) < 4.78 is 19.8. The fraction of sp³-hybridized carbons (Fsp3) is 0.250. The van der Waals surface area contributed by atoms with Crippen molar-refractivity contribution < 1.29 is 13.7 Å². The Morgan fingerprint density at radius 2 is 2.00 bits per heavy atom. The molecule has 1 aromatic rings. The molecule has 1 rings (SSSR count). The van der Waals surface area contributed by atoms with Crippen molar-refractivity contribution in [3.8, 4) is 0 Å². The van der Waals surface area contributed by atoms with E-state index in [1.165, 1.54) is 6.07 Å². The van der Waals surface area contributed by atoms with E-state index >= 15 is 0 Å². The van der Waals surface area contributed by atoms with Crippen LogP contribution in [0.15, 0.2) is 17.0 Å². The van der Waals surface area contributed by atoms with Crippen LogP contribution in [0.1, 0.15) is 11.1 Å². The van der Waals surface area contributed by atoms with Crippen molar-refractivity contribution in [3.63, 3.8) is 0 Å². The maximum absolute atomic E-state index is 10.9. The summed E-state index contributed by atoms with van der Waals surface area (Å²) >= 11 is -2.32. The summed E-state index contributed by atoms with van der Waals surface area (Å²) in [5.74, 6) is 0. The summed E-state index contributed by atoms with van der Waals surface area (Å²) in [4.78, 5) is 9.78. The van der Waals surface area contributed by atoms with Gasteiger partial charge in [-0.2, -0.15) is 0 Å². The molecule has 0 heterocycles. The van der Waals surface area contributed by atoms with Crippen LogP contribution in [-0.2, 0) is 11.1 Å². The molecule has 0 fully saturated rings. The highest BCUT2D eigenvalue weighted by Crippen LogP contribution is 2.26. The summed E-state index contributed by atoms with van der Waals surface area (Å²) in [5, 5.41) is 10.5. The van der Waals surface area contributed by atoms with Crippen molar-refractivity contribution in [2.75, 3.05) is 0 Å². The molecule has 1 unspecified atom stereocenters. The third kappa shape index (κ3) is 1.80. The van der Waals surface area contributed by atoms with Gasteiger partial charge in [-0.05, 0) is 25.0 Å². The van der Waals surface area contributed by atoms with Gasteiger partial charge in [-0.25, -0.2) is 4.21 Å². The number of nitrogens with zero attached hydrogens (tertiary/aromatic N) is 1. The Hall–Kier alpha value is -1.27. The highest BCUT2D eigenvalue weighted by atomic mass is 32.2. The van der Waals surface area contributed by atoms with Crippen molar-refractivity contribution >= 4 is 16.8 Å². The van der Waals surface area contributed by atoms with Gasteiger partial charge in [0.05, 0.1) is 4.92 Å². The van der Waals surface area contributed by atoms with E-state index in [9.17, 15) is 14.3 Å². The van der Waals surface area contributed by atoms with Gasteiger partial charge < -0.3 is 4.55 Å². The fourth-order valence-electron chi connectivity index (χ4n) is 1.14. The molecule has 0 saturated heterocycles. The minimum atomic E-state index is -2.32. The molecular weight excluding hydrogens is 206 g/mol. The van der Waals surface area contributed by atoms with E-state index in [4.69, 9.17) is 4.55 Å². The van der Waals surface area contributed by atoms with E-state index in [1.807, 2.05) is 0 Å². The van der Waals surface area contributed by atoms with Crippen LogP contribution in [0.4, 0.5) is 5.69 Å². The lowest BCUT2D eigenvalue weighted by atomic mass is 10.1. The van der Waals surface area contributed by atoms with Crippen molar-refractivity contribution in [2.24, 2.45) is 0 Å². The van der Waals surface area contributed by atoms with Gasteiger partial charge in [0.2, 0.25) is 0 Å². The molecule has 0 aliphatic carbocycles. The molecule has 14 heavy (non-hydrogen) atoms. The second kappa shape index (κ2) is 3.85. The summed E-state index contributed by atoms with van der Waals surface area (Å²) in [6, 6.07) is 2.80. The first-order valence-electron chi connectivity index (χ1n) is 3.80. The number of nitro groups is 1. The number of nitro benzene ring substituents is 1. The molecular formula is C8H9NO4S. The monoisotopic (exact) mass is 215 g/mol. The van der Waals surface area contributed by atoms with Crippen molar-refractivity contribution in [1.29, 1.82) is 0 Å². The Morgan fingerprint density at radius 3 is 2.43 bits per heavy atom. The van der Waals surface area contributed by atoms with Gasteiger partial charge in [0.1, 0.15) is 4.90 Å². The highest BCUT2D eigenvalue weighted by molar-refractivity contribution is 7.79. The van der Waals surface area contributed by atoms with Crippen LogP contribution in [0, 0.1) is 24.0 Å². The van der Waals surface area contributed by atoms with Crippen LogP contribution in [0.5, 0.6) is 0 Å². The minimum Gasteiger partial charge on any atom is -0.302 e. The number of aryl methyl sites for hydroxylation is 1. The average molecular weight is 215 g/mol. The van der Waals surface area contributed by atoms with Crippen LogP contribution in [0.3, 0.4) is 0 Å². The molecule has 0 aliphatic rings. The normalized spacial score (nSPS) is 12.5. The standard InChI is InChI=1S/C8H9NO4S/c1-5-3-4-7(9(10)11)8(6(5)2)14(12)13/h3-4H,1-2H3,(H,12,13). The Kier molecular flexibility index (Phi) is 2.97. The van der Waals surface area contributed by atoms with Crippen LogP contribution < -0.4 is 0 Å². The molecule has 0 amide bonds. The molecule has 6 heteroatoms. The fourth-order valence-corrected chi connectivity index (χ4v) is 1.88. The smallest absolute Gasteiger partial charge is 0.288 e. The van der Waals surface area contributed by atoms with Gasteiger partial charge in [0.25, 0.3) is 5.69 Å². The molecule has 0 saturated carbocycles. The zero-order valence-electron chi connectivity index (χ0n) is 7.68. The lowest BCUT2D eigenvalue weighted by molar-refractivity contribution is -0.387. The van der Waals surface area contributed by atoms with Crippen molar-refractivity contribution in [3.05, 3.63) is 33.4 Å². The topological polar surface area (TPSA) is 80.4 Å². The lowest BCUT2D eigenvalue weighted by Gasteiger charge is -2.05. The van der Waals surface area contributed by atoms with Gasteiger partial charge in [-0.3, -0.25) is 10.1 Å². The Morgan fingerprint density at radius 1 is 1.43 bits per heavy atom. The van der Waals surface area contributed by atoms with Gasteiger partial charge in [-0.15, -0.1) is 0 Å².